The highest BCUT2D eigenvalue weighted by molar-refractivity contribution is 9.10. The lowest BCUT2D eigenvalue weighted by molar-refractivity contribution is 0.497. The first-order chi connectivity index (χ1) is 9.94. The average molecular weight is 372 g/mol. The summed E-state index contributed by atoms with van der Waals surface area (Å²) in [4.78, 5) is 6.27. The third-order valence-corrected chi connectivity index (χ3v) is 5.01. The molecule has 0 saturated carbocycles. The van der Waals surface area contributed by atoms with Crippen molar-refractivity contribution < 1.29 is 8.42 Å². The molecule has 0 amide bonds. The molecule has 5 nitrogen and oxygen atoms in total. The molecule has 1 N–H and O–H groups in total. The predicted octanol–water partition coefficient (Wildman–Crippen LogP) is 2.71. The summed E-state index contributed by atoms with van der Waals surface area (Å²) in [5.74, 6) is 0.358. The van der Waals surface area contributed by atoms with Gasteiger partial charge < -0.3 is 4.90 Å². The van der Waals surface area contributed by atoms with Crippen LogP contribution in [0.1, 0.15) is 19.8 Å². The Labute approximate surface area is 133 Å². The zero-order valence-corrected chi connectivity index (χ0v) is 14.2. The third kappa shape index (κ3) is 3.85. The van der Waals surface area contributed by atoms with Gasteiger partial charge in [-0.15, -0.1) is 0 Å². The van der Waals surface area contributed by atoms with Crippen molar-refractivity contribution in [2.45, 2.75) is 24.7 Å². The van der Waals surface area contributed by atoms with Gasteiger partial charge >= 0.3 is 0 Å². The van der Waals surface area contributed by atoms with Gasteiger partial charge in [0, 0.05) is 16.7 Å². The van der Waals surface area contributed by atoms with Crippen LogP contribution >= 0.6 is 15.9 Å². The Morgan fingerprint density at radius 2 is 2.05 bits per heavy atom. The molecule has 1 aliphatic heterocycles. The summed E-state index contributed by atoms with van der Waals surface area (Å²) in [6.07, 6.45) is 1.98. The molecule has 0 saturated heterocycles. The summed E-state index contributed by atoms with van der Waals surface area (Å²) in [6, 6.07) is 6.48. The molecule has 0 radical (unpaired) electrons. The maximum atomic E-state index is 12.4. The first kappa shape index (κ1) is 16.0. The molecule has 1 aliphatic rings. The number of nitrogens with one attached hydrogen (secondary N) is 1. The minimum atomic E-state index is -3.63. The minimum Gasteiger partial charge on any atom is -0.314 e. The number of guanidine groups is 1. The number of sulfonamides is 1. The molecular formula is C14H18BrN3O2S. The molecular weight excluding hydrogens is 354 g/mol. The van der Waals surface area contributed by atoms with Gasteiger partial charge in [0.15, 0.2) is 0 Å². The van der Waals surface area contributed by atoms with E-state index in [1.54, 1.807) is 24.3 Å². The van der Waals surface area contributed by atoms with Crippen molar-refractivity contribution in [1.29, 1.82) is 0 Å². The van der Waals surface area contributed by atoms with Crippen LogP contribution in [0.4, 0.5) is 0 Å². The maximum Gasteiger partial charge on any atom is 0.264 e. The number of rotatable bonds is 5. The minimum absolute atomic E-state index is 0.210. The van der Waals surface area contributed by atoms with Gasteiger partial charge in [0.1, 0.15) is 0 Å². The van der Waals surface area contributed by atoms with Crippen molar-refractivity contribution in [3.63, 3.8) is 0 Å². The Kier molecular flexibility index (Phi) is 5.05. The molecule has 7 heteroatoms. The molecule has 0 aliphatic carbocycles. The van der Waals surface area contributed by atoms with Crippen molar-refractivity contribution in [2.75, 3.05) is 13.1 Å². The topological polar surface area (TPSA) is 61.8 Å². The zero-order chi connectivity index (χ0) is 15.5. The smallest absolute Gasteiger partial charge is 0.264 e. The molecule has 0 bridgehead atoms. The van der Waals surface area contributed by atoms with E-state index in [1.807, 2.05) is 4.90 Å². The number of nitrogens with zero attached hydrogens (tertiary/aromatic N) is 2. The quantitative estimate of drug-likeness (QED) is 0.865. The van der Waals surface area contributed by atoms with Gasteiger partial charge in [-0.1, -0.05) is 35.9 Å². The van der Waals surface area contributed by atoms with Gasteiger partial charge in [0.05, 0.1) is 11.4 Å². The van der Waals surface area contributed by atoms with Gasteiger partial charge in [-0.3, -0.25) is 0 Å². The number of hydrogen-bond acceptors (Lipinski definition) is 4. The molecule has 0 fully saturated rings. The van der Waals surface area contributed by atoms with Gasteiger partial charge in [0.2, 0.25) is 5.96 Å². The van der Waals surface area contributed by atoms with Crippen molar-refractivity contribution in [1.82, 2.24) is 9.62 Å². The molecule has 1 heterocycles. The van der Waals surface area contributed by atoms with E-state index in [2.05, 4.69) is 39.1 Å². The van der Waals surface area contributed by atoms with Gasteiger partial charge in [-0.05, 0) is 30.7 Å². The van der Waals surface area contributed by atoms with Crippen LogP contribution in [-0.4, -0.2) is 32.4 Å². The molecule has 1 aromatic carbocycles. The van der Waals surface area contributed by atoms with Crippen LogP contribution in [0.3, 0.4) is 0 Å². The summed E-state index contributed by atoms with van der Waals surface area (Å²) < 4.78 is 28.1. The average Bonchev–Trinajstić information content (AvgIpc) is 2.77. The van der Waals surface area contributed by atoms with E-state index >= 15 is 0 Å². The lowest BCUT2D eigenvalue weighted by Gasteiger charge is -2.21. The molecule has 0 aromatic heterocycles. The third-order valence-electron chi connectivity index (χ3n) is 3.13. The second kappa shape index (κ2) is 6.62. The van der Waals surface area contributed by atoms with Crippen molar-refractivity contribution in [2.24, 2.45) is 4.99 Å². The van der Waals surface area contributed by atoms with Crippen LogP contribution < -0.4 is 4.72 Å². The summed E-state index contributed by atoms with van der Waals surface area (Å²) in [6.45, 7) is 7.16. The van der Waals surface area contributed by atoms with Gasteiger partial charge in [-0.25, -0.2) is 18.1 Å². The van der Waals surface area contributed by atoms with Crippen LogP contribution in [0.2, 0.25) is 0 Å². The van der Waals surface area contributed by atoms with Crippen molar-refractivity contribution in [3.8, 4) is 0 Å². The van der Waals surface area contributed by atoms with E-state index in [-0.39, 0.29) is 4.90 Å². The monoisotopic (exact) mass is 371 g/mol. The number of aliphatic imine (C=N–C) groups is 1. The van der Waals surface area contributed by atoms with Gasteiger partial charge in [-0.2, -0.15) is 0 Å². The highest BCUT2D eigenvalue weighted by atomic mass is 79.9. The maximum absolute atomic E-state index is 12.4. The molecule has 21 heavy (non-hydrogen) atoms. The van der Waals surface area contributed by atoms with Crippen LogP contribution in [0.5, 0.6) is 0 Å². The fraction of sp³-hybridized carbons (Fsp3) is 0.357. The summed E-state index contributed by atoms with van der Waals surface area (Å²) in [7, 11) is -3.63. The van der Waals surface area contributed by atoms with E-state index in [9.17, 15) is 8.42 Å². The van der Waals surface area contributed by atoms with E-state index < -0.39 is 10.0 Å². The van der Waals surface area contributed by atoms with Crippen molar-refractivity contribution >= 4 is 31.9 Å². The largest absolute Gasteiger partial charge is 0.314 e. The fourth-order valence-corrected chi connectivity index (χ4v) is 3.24. The summed E-state index contributed by atoms with van der Waals surface area (Å²) in [5.41, 5.74) is 0.817. The number of halogens is 1. The zero-order valence-electron chi connectivity index (χ0n) is 11.8. The van der Waals surface area contributed by atoms with Gasteiger partial charge in [0.25, 0.3) is 10.0 Å². The number of benzene rings is 1. The fourth-order valence-electron chi connectivity index (χ4n) is 1.95. The Morgan fingerprint density at radius 1 is 1.38 bits per heavy atom. The summed E-state index contributed by atoms with van der Waals surface area (Å²) >= 11 is 3.29. The highest BCUT2D eigenvalue weighted by Gasteiger charge is 2.25. The van der Waals surface area contributed by atoms with Crippen LogP contribution in [0.25, 0.3) is 0 Å². The van der Waals surface area contributed by atoms with E-state index in [4.69, 9.17) is 0 Å². The second-order valence-electron chi connectivity index (χ2n) is 4.77. The first-order valence-corrected chi connectivity index (χ1v) is 9.00. The van der Waals surface area contributed by atoms with E-state index in [0.717, 1.165) is 29.6 Å². The van der Waals surface area contributed by atoms with E-state index in [0.29, 0.717) is 12.5 Å². The second-order valence-corrected chi connectivity index (χ2v) is 7.37. The standard InChI is InChI=1S/C14H18BrN3O2S/c1-3-4-9-18-11(2)10-16-14(18)17-21(19,20)13-7-5-12(15)6-8-13/h5-8H,2-4,9-10H2,1H3,(H,16,17). The molecule has 2 rings (SSSR count). The van der Waals surface area contributed by atoms with Crippen molar-refractivity contribution in [3.05, 3.63) is 41.0 Å². The number of hydrogen-bond donors (Lipinski definition) is 1. The normalized spacial score (nSPS) is 15.2. The first-order valence-electron chi connectivity index (χ1n) is 6.72. The molecule has 0 unspecified atom stereocenters. The molecule has 0 spiro atoms. The van der Waals surface area contributed by atoms with Crippen LogP contribution in [-0.2, 0) is 10.0 Å². The lowest BCUT2D eigenvalue weighted by Crippen LogP contribution is -2.41. The number of unbranched alkanes of at least 4 members (excludes halogenated alkanes) is 1. The molecule has 1 aromatic rings. The highest BCUT2D eigenvalue weighted by Crippen LogP contribution is 2.17. The van der Waals surface area contributed by atoms with Crippen LogP contribution in [0.15, 0.2) is 50.9 Å². The van der Waals surface area contributed by atoms with E-state index in [1.165, 1.54) is 0 Å². The Balaban J connectivity index is 2.16. The predicted molar refractivity (Wildman–Crippen MR) is 87.5 cm³/mol. The summed E-state index contributed by atoms with van der Waals surface area (Å²) in [5, 5.41) is 0. The molecule has 114 valence electrons. The molecule has 0 atom stereocenters. The lowest BCUT2D eigenvalue weighted by atomic mass is 10.3. The Bertz CT molecular complexity index is 653. The Hall–Kier alpha value is -1.34. The Morgan fingerprint density at radius 3 is 2.67 bits per heavy atom. The SMILES string of the molecule is C=C1CN=C(NS(=O)(=O)c2ccc(Br)cc2)N1CCCC. The van der Waals surface area contributed by atoms with Crippen LogP contribution in [0, 0.1) is 0 Å².